The van der Waals surface area contributed by atoms with Gasteiger partial charge in [0.2, 0.25) is 0 Å². The molecule has 7 heteroatoms. The first-order valence-corrected chi connectivity index (χ1v) is 7.85. The van der Waals surface area contributed by atoms with E-state index in [0.29, 0.717) is 26.6 Å². The predicted octanol–water partition coefficient (Wildman–Crippen LogP) is 3.23. The molecule has 0 aliphatic rings. The van der Waals surface area contributed by atoms with Crippen molar-refractivity contribution in [1.29, 1.82) is 10.5 Å². The Labute approximate surface area is 142 Å². The fourth-order valence-electron chi connectivity index (χ4n) is 2.00. The van der Waals surface area contributed by atoms with Gasteiger partial charge in [0.25, 0.3) is 5.91 Å². The fraction of sp³-hybridized carbons (Fsp3) is 0.176. The van der Waals surface area contributed by atoms with Gasteiger partial charge in [0.15, 0.2) is 0 Å². The Morgan fingerprint density at radius 3 is 2.42 bits per heavy atom. The first-order valence-electron chi connectivity index (χ1n) is 7.03. The second-order valence-electron chi connectivity index (χ2n) is 4.74. The van der Waals surface area contributed by atoms with Gasteiger partial charge in [0.05, 0.1) is 23.8 Å². The molecule has 6 nitrogen and oxygen atoms in total. The Hall–Kier alpha value is -3.16. The van der Waals surface area contributed by atoms with Crippen LogP contribution >= 0.6 is 11.3 Å². The van der Waals surface area contributed by atoms with Crippen LogP contribution in [0.4, 0.5) is 5.00 Å². The Bertz CT molecular complexity index is 870. The first kappa shape index (κ1) is 17.2. The number of nitriles is 2. The largest absolute Gasteiger partial charge is 0.462 e. The summed E-state index contributed by atoms with van der Waals surface area (Å²) in [4.78, 5) is 24.5. The van der Waals surface area contributed by atoms with Gasteiger partial charge in [-0.1, -0.05) is 0 Å². The van der Waals surface area contributed by atoms with Crippen LogP contribution in [0.3, 0.4) is 0 Å². The van der Waals surface area contributed by atoms with Gasteiger partial charge in [-0.25, -0.2) is 4.79 Å². The molecule has 1 aromatic carbocycles. The van der Waals surface area contributed by atoms with Gasteiger partial charge in [-0.15, -0.1) is 11.3 Å². The van der Waals surface area contributed by atoms with Crippen molar-refractivity contribution in [2.45, 2.75) is 13.8 Å². The third-order valence-corrected chi connectivity index (χ3v) is 4.41. The number of thiophene rings is 1. The van der Waals surface area contributed by atoms with E-state index in [1.165, 1.54) is 24.3 Å². The highest BCUT2D eigenvalue weighted by atomic mass is 32.1. The van der Waals surface area contributed by atoms with Crippen LogP contribution in [0.5, 0.6) is 0 Å². The molecule has 0 fully saturated rings. The Balaban J connectivity index is 2.30. The van der Waals surface area contributed by atoms with Crippen molar-refractivity contribution < 1.29 is 14.3 Å². The Morgan fingerprint density at radius 1 is 1.21 bits per heavy atom. The molecule has 24 heavy (non-hydrogen) atoms. The van der Waals surface area contributed by atoms with Crippen LogP contribution in [0.15, 0.2) is 24.3 Å². The number of esters is 1. The van der Waals surface area contributed by atoms with Crippen molar-refractivity contribution in [3.05, 3.63) is 51.4 Å². The number of rotatable bonds is 4. The van der Waals surface area contributed by atoms with Crippen LogP contribution in [-0.4, -0.2) is 18.5 Å². The molecule has 0 saturated carbocycles. The maximum atomic E-state index is 12.3. The van der Waals surface area contributed by atoms with Crippen LogP contribution < -0.4 is 5.32 Å². The second kappa shape index (κ2) is 7.40. The number of nitrogens with zero attached hydrogens (tertiary/aromatic N) is 2. The second-order valence-corrected chi connectivity index (χ2v) is 5.76. The van der Waals surface area contributed by atoms with Crippen LogP contribution in [0.1, 0.15) is 43.6 Å². The molecule has 0 radical (unpaired) electrons. The van der Waals surface area contributed by atoms with E-state index in [-0.39, 0.29) is 12.2 Å². The van der Waals surface area contributed by atoms with Crippen molar-refractivity contribution >= 4 is 28.2 Å². The van der Waals surface area contributed by atoms with Crippen LogP contribution in [0.25, 0.3) is 0 Å². The van der Waals surface area contributed by atoms with E-state index >= 15 is 0 Å². The molecule has 1 amide bonds. The number of ether oxygens (including phenoxy) is 1. The molecule has 2 rings (SSSR count). The highest BCUT2D eigenvalue weighted by Gasteiger charge is 2.22. The van der Waals surface area contributed by atoms with Crippen molar-refractivity contribution in [3.63, 3.8) is 0 Å². The van der Waals surface area contributed by atoms with Gasteiger partial charge in [0, 0.05) is 5.56 Å². The van der Waals surface area contributed by atoms with Gasteiger partial charge in [-0.05, 0) is 43.7 Å². The van der Waals surface area contributed by atoms with Gasteiger partial charge in [-0.2, -0.15) is 10.5 Å². The summed E-state index contributed by atoms with van der Waals surface area (Å²) in [5, 5.41) is 21.0. The highest BCUT2D eigenvalue weighted by Crippen LogP contribution is 2.33. The lowest BCUT2D eigenvalue weighted by molar-refractivity contribution is 0.0531. The van der Waals surface area contributed by atoms with Crippen molar-refractivity contribution in [2.75, 3.05) is 11.9 Å². The van der Waals surface area contributed by atoms with E-state index in [1.807, 2.05) is 12.1 Å². The SMILES string of the molecule is CCOC(=O)c1sc(NC(=O)c2ccc(C#N)cc2)c(C#N)c1C. The highest BCUT2D eigenvalue weighted by molar-refractivity contribution is 7.18. The molecule has 0 aliphatic carbocycles. The molecule has 0 spiro atoms. The zero-order valence-electron chi connectivity index (χ0n) is 13.0. The third-order valence-electron chi connectivity index (χ3n) is 3.22. The molecule has 2 aromatic rings. The number of nitrogens with one attached hydrogen (secondary N) is 1. The molecule has 0 aliphatic heterocycles. The summed E-state index contributed by atoms with van der Waals surface area (Å²) in [6.45, 7) is 3.56. The quantitative estimate of drug-likeness (QED) is 0.861. The fourth-order valence-corrected chi connectivity index (χ4v) is 3.04. The summed E-state index contributed by atoms with van der Waals surface area (Å²) >= 11 is 1.01. The molecular formula is C17H13N3O3S. The smallest absolute Gasteiger partial charge is 0.348 e. The number of anilines is 1. The number of carbonyl (C=O) groups excluding carboxylic acids is 2. The van der Waals surface area contributed by atoms with Crippen LogP contribution in [0, 0.1) is 29.6 Å². The summed E-state index contributed by atoms with van der Waals surface area (Å²) in [5.41, 5.74) is 1.52. The van der Waals surface area contributed by atoms with E-state index in [1.54, 1.807) is 13.8 Å². The number of amides is 1. The minimum atomic E-state index is -0.518. The van der Waals surface area contributed by atoms with Gasteiger partial charge in [-0.3, -0.25) is 4.79 Å². The lowest BCUT2D eigenvalue weighted by atomic mass is 10.1. The first-order chi connectivity index (χ1) is 11.5. The van der Waals surface area contributed by atoms with Crippen molar-refractivity contribution in [3.8, 4) is 12.1 Å². The van der Waals surface area contributed by atoms with E-state index in [9.17, 15) is 14.9 Å². The monoisotopic (exact) mass is 339 g/mol. The summed E-state index contributed by atoms with van der Waals surface area (Å²) in [5.74, 6) is -0.942. The summed E-state index contributed by atoms with van der Waals surface area (Å²) in [7, 11) is 0. The van der Waals surface area contributed by atoms with Crippen LogP contribution in [0.2, 0.25) is 0 Å². The van der Waals surface area contributed by atoms with Gasteiger partial charge < -0.3 is 10.1 Å². The molecule has 0 bridgehead atoms. The molecule has 1 N–H and O–H groups in total. The zero-order chi connectivity index (χ0) is 17.7. The average Bonchev–Trinajstić information content (AvgIpc) is 2.90. The third kappa shape index (κ3) is 3.43. The number of carbonyl (C=O) groups is 2. The molecule has 120 valence electrons. The standard InChI is InChI=1S/C17H13N3O3S/c1-3-23-17(22)14-10(2)13(9-19)16(24-14)20-15(21)12-6-4-11(8-18)5-7-12/h4-7H,3H2,1-2H3,(H,20,21). The molecule has 0 atom stereocenters. The number of benzene rings is 1. The zero-order valence-corrected chi connectivity index (χ0v) is 13.9. The molecule has 0 saturated heterocycles. The average molecular weight is 339 g/mol. The van der Waals surface area contributed by atoms with Crippen molar-refractivity contribution in [1.82, 2.24) is 0 Å². The maximum absolute atomic E-state index is 12.3. The summed E-state index contributed by atoms with van der Waals surface area (Å²) in [6, 6.07) is 10.1. The summed E-state index contributed by atoms with van der Waals surface area (Å²) in [6.07, 6.45) is 0. The lowest BCUT2D eigenvalue weighted by Crippen LogP contribution is -2.11. The van der Waals surface area contributed by atoms with E-state index in [4.69, 9.17) is 10.00 Å². The predicted molar refractivity (Wildman–Crippen MR) is 88.8 cm³/mol. The van der Waals surface area contributed by atoms with Crippen molar-refractivity contribution in [2.24, 2.45) is 0 Å². The maximum Gasteiger partial charge on any atom is 0.348 e. The van der Waals surface area contributed by atoms with E-state index < -0.39 is 11.9 Å². The minimum Gasteiger partial charge on any atom is -0.462 e. The summed E-state index contributed by atoms with van der Waals surface area (Å²) < 4.78 is 4.96. The molecule has 1 heterocycles. The topological polar surface area (TPSA) is 103 Å². The Kier molecular flexibility index (Phi) is 5.31. The molecule has 0 unspecified atom stereocenters. The molecule has 1 aromatic heterocycles. The van der Waals surface area contributed by atoms with Gasteiger partial charge in [0.1, 0.15) is 15.9 Å². The number of hydrogen-bond acceptors (Lipinski definition) is 6. The van der Waals surface area contributed by atoms with E-state index in [2.05, 4.69) is 5.32 Å². The molecular weight excluding hydrogens is 326 g/mol. The van der Waals surface area contributed by atoms with Crippen LogP contribution in [-0.2, 0) is 4.74 Å². The van der Waals surface area contributed by atoms with E-state index in [0.717, 1.165) is 11.3 Å². The Morgan fingerprint density at radius 2 is 1.88 bits per heavy atom. The normalized spacial score (nSPS) is 9.67. The lowest BCUT2D eigenvalue weighted by Gasteiger charge is -2.03. The minimum absolute atomic E-state index is 0.227. The number of hydrogen-bond donors (Lipinski definition) is 1. The van der Waals surface area contributed by atoms with Gasteiger partial charge >= 0.3 is 5.97 Å².